The molecule has 0 aromatic heterocycles. The normalized spacial score (nSPS) is 27.7. The molecule has 2 heterocycles. The molecule has 0 unspecified atom stereocenters. The molecule has 2 aliphatic rings. The van der Waals surface area contributed by atoms with Crippen LogP contribution in [-0.4, -0.2) is 54.1 Å². The maximum absolute atomic E-state index is 13.7. The van der Waals surface area contributed by atoms with Gasteiger partial charge in [-0.25, -0.2) is 4.39 Å². The van der Waals surface area contributed by atoms with Gasteiger partial charge in [0.15, 0.2) is 0 Å². The van der Waals surface area contributed by atoms with E-state index in [-0.39, 0.29) is 5.82 Å². The van der Waals surface area contributed by atoms with E-state index in [0.717, 1.165) is 13.1 Å². The molecule has 1 saturated heterocycles. The van der Waals surface area contributed by atoms with Gasteiger partial charge in [-0.2, -0.15) is 5.26 Å². The van der Waals surface area contributed by atoms with Gasteiger partial charge in [0.25, 0.3) is 0 Å². The molecule has 6 nitrogen and oxygen atoms in total. The standard InChI is InChI=1S/C24H28FN3O3/c1-22(2)23(29,9-10-28-11-13-30-14-12-28)24(27,18-4-6-19(25)7-5-18)20-15-17(16-26)3-8-21(20)31-22/h3-8,15,29H,9-14,27H2,1-2H3/t23-,24-/m0/s1. The number of rotatable bonds is 4. The zero-order valence-electron chi connectivity index (χ0n) is 17.9. The molecule has 0 amide bonds. The van der Waals surface area contributed by atoms with Crippen molar-refractivity contribution in [1.29, 1.82) is 5.26 Å². The molecule has 0 aliphatic carbocycles. The number of ether oxygens (including phenoxy) is 2. The number of aliphatic hydroxyl groups is 1. The van der Waals surface area contributed by atoms with Crippen molar-refractivity contribution in [3.05, 3.63) is 65.0 Å². The van der Waals surface area contributed by atoms with Crippen molar-refractivity contribution in [1.82, 2.24) is 4.90 Å². The summed E-state index contributed by atoms with van der Waals surface area (Å²) < 4.78 is 25.4. The maximum atomic E-state index is 13.7. The van der Waals surface area contributed by atoms with E-state index in [4.69, 9.17) is 15.2 Å². The van der Waals surface area contributed by atoms with E-state index < -0.39 is 16.7 Å². The number of morpholine rings is 1. The first-order valence-electron chi connectivity index (χ1n) is 10.5. The lowest BCUT2D eigenvalue weighted by Crippen LogP contribution is -2.73. The Morgan fingerprint density at radius 3 is 2.48 bits per heavy atom. The number of nitrogens with two attached hydrogens (primary N) is 1. The van der Waals surface area contributed by atoms with Crippen molar-refractivity contribution in [3.63, 3.8) is 0 Å². The molecule has 0 saturated carbocycles. The molecule has 164 valence electrons. The summed E-state index contributed by atoms with van der Waals surface area (Å²) in [5.41, 5.74) is 4.60. The van der Waals surface area contributed by atoms with Crippen LogP contribution in [0.4, 0.5) is 4.39 Å². The molecule has 1 fully saturated rings. The van der Waals surface area contributed by atoms with Crippen LogP contribution < -0.4 is 10.5 Å². The Morgan fingerprint density at radius 1 is 1.16 bits per heavy atom. The van der Waals surface area contributed by atoms with Crippen LogP contribution in [0.2, 0.25) is 0 Å². The van der Waals surface area contributed by atoms with Crippen LogP contribution in [0, 0.1) is 17.1 Å². The van der Waals surface area contributed by atoms with Crippen LogP contribution in [0.5, 0.6) is 5.75 Å². The van der Waals surface area contributed by atoms with Gasteiger partial charge >= 0.3 is 0 Å². The van der Waals surface area contributed by atoms with Crippen LogP contribution in [-0.2, 0) is 10.3 Å². The SMILES string of the molecule is CC1(C)Oc2ccc(C#N)cc2[C@@](N)(c2ccc(F)cc2)[C@]1(O)CCN1CCOCC1. The lowest BCUT2D eigenvalue weighted by Gasteiger charge is -2.57. The van der Waals surface area contributed by atoms with Gasteiger partial charge in [0.05, 0.1) is 24.8 Å². The van der Waals surface area contributed by atoms with Crippen molar-refractivity contribution < 1.29 is 19.0 Å². The Balaban J connectivity index is 1.87. The third-order valence-corrected chi connectivity index (χ3v) is 6.74. The summed E-state index contributed by atoms with van der Waals surface area (Å²) in [5.74, 6) is 0.119. The molecule has 7 heteroatoms. The zero-order valence-corrected chi connectivity index (χ0v) is 17.9. The quantitative estimate of drug-likeness (QED) is 0.782. The summed E-state index contributed by atoms with van der Waals surface area (Å²) in [7, 11) is 0. The third-order valence-electron chi connectivity index (χ3n) is 6.74. The highest BCUT2D eigenvalue weighted by molar-refractivity contribution is 5.55. The topological polar surface area (TPSA) is 91.7 Å². The summed E-state index contributed by atoms with van der Waals surface area (Å²) in [6.07, 6.45) is 0.324. The minimum Gasteiger partial charge on any atom is -0.484 e. The molecule has 2 aliphatic heterocycles. The summed E-state index contributed by atoms with van der Waals surface area (Å²) in [6, 6.07) is 13.0. The van der Waals surface area contributed by atoms with Gasteiger partial charge in [0.2, 0.25) is 0 Å². The molecule has 2 aromatic rings. The third kappa shape index (κ3) is 3.50. The number of benzene rings is 2. The monoisotopic (exact) mass is 425 g/mol. The molecular formula is C24H28FN3O3. The van der Waals surface area contributed by atoms with E-state index in [1.165, 1.54) is 12.1 Å². The fourth-order valence-electron chi connectivity index (χ4n) is 4.80. The highest BCUT2D eigenvalue weighted by Gasteiger charge is 2.63. The fraction of sp³-hybridized carbons (Fsp3) is 0.458. The number of nitrogens with zero attached hydrogens (tertiary/aromatic N) is 2. The largest absolute Gasteiger partial charge is 0.484 e. The molecule has 2 atom stereocenters. The van der Waals surface area contributed by atoms with Gasteiger partial charge in [-0.1, -0.05) is 12.1 Å². The molecule has 31 heavy (non-hydrogen) atoms. The van der Waals surface area contributed by atoms with Crippen molar-refractivity contribution in [3.8, 4) is 11.8 Å². The van der Waals surface area contributed by atoms with Crippen LogP contribution in [0.25, 0.3) is 0 Å². The van der Waals surface area contributed by atoms with Crippen LogP contribution in [0.3, 0.4) is 0 Å². The van der Waals surface area contributed by atoms with Crippen molar-refractivity contribution in [2.75, 3.05) is 32.8 Å². The molecule has 0 radical (unpaired) electrons. The smallest absolute Gasteiger partial charge is 0.134 e. The number of nitriles is 1. The van der Waals surface area contributed by atoms with E-state index in [1.54, 1.807) is 30.3 Å². The number of hydrogen-bond acceptors (Lipinski definition) is 6. The predicted octanol–water partition coefficient (Wildman–Crippen LogP) is 2.52. The van der Waals surface area contributed by atoms with Gasteiger partial charge in [0.1, 0.15) is 28.3 Å². The number of hydrogen-bond donors (Lipinski definition) is 2. The van der Waals surface area contributed by atoms with Crippen LogP contribution in [0.1, 0.15) is 37.0 Å². The summed E-state index contributed by atoms with van der Waals surface area (Å²) >= 11 is 0. The Labute approximate surface area is 182 Å². The van der Waals surface area contributed by atoms with Crippen molar-refractivity contribution in [2.45, 2.75) is 37.0 Å². The Hall–Kier alpha value is -2.50. The summed E-state index contributed by atoms with van der Waals surface area (Å²) in [4.78, 5) is 2.23. The van der Waals surface area contributed by atoms with Gasteiger partial charge in [0, 0.05) is 25.2 Å². The predicted molar refractivity (Wildman–Crippen MR) is 114 cm³/mol. The van der Waals surface area contributed by atoms with E-state index >= 15 is 0 Å². The molecule has 0 bridgehead atoms. The van der Waals surface area contributed by atoms with Crippen LogP contribution >= 0.6 is 0 Å². The maximum Gasteiger partial charge on any atom is 0.134 e. The zero-order chi connectivity index (χ0) is 22.3. The van der Waals surface area contributed by atoms with Gasteiger partial charge in [-0.15, -0.1) is 0 Å². The molecule has 3 N–H and O–H groups in total. The van der Waals surface area contributed by atoms with E-state index in [9.17, 15) is 14.8 Å². The number of halogens is 1. The second-order valence-corrected chi connectivity index (χ2v) is 8.81. The average molecular weight is 426 g/mol. The van der Waals surface area contributed by atoms with Gasteiger partial charge in [-0.05, 0) is 56.2 Å². The first-order chi connectivity index (χ1) is 14.7. The van der Waals surface area contributed by atoms with Crippen molar-refractivity contribution in [2.24, 2.45) is 5.73 Å². The molecule has 0 spiro atoms. The summed E-state index contributed by atoms with van der Waals surface area (Å²) in [6.45, 7) is 7.09. The lowest BCUT2D eigenvalue weighted by atomic mass is 9.60. The van der Waals surface area contributed by atoms with E-state index in [1.807, 2.05) is 13.8 Å². The highest BCUT2D eigenvalue weighted by Crippen LogP contribution is 2.53. The Morgan fingerprint density at radius 2 is 1.84 bits per heavy atom. The van der Waals surface area contributed by atoms with Gasteiger partial charge in [-0.3, -0.25) is 4.90 Å². The Bertz CT molecular complexity index is 998. The minimum atomic E-state index is -1.54. The van der Waals surface area contributed by atoms with Crippen molar-refractivity contribution >= 4 is 0 Å². The first-order valence-corrected chi connectivity index (χ1v) is 10.5. The Kier molecular flexibility index (Phi) is 5.52. The fourth-order valence-corrected chi connectivity index (χ4v) is 4.80. The molecule has 4 rings (SSSR count). The molecule has 2 aromatic carbocycles. The van der Waals surface area contributed by atoms with Crippen LogP contribution in [0.15, 0.2) is 42.5 Å². The number of fused-ring (bicyclic) bond motifs is 1. The van der Waals surface area contributed by atoms with E-state index in [2.05, 4.69) is 11.0 Å². The minimum absolute atomic E-state index is 0.324. The second-order valence-electron chi connectivity index (χ2n) is 8.81. The summed E-state index contributed by atoms with van der Waals surface area (Å²) in [5, 5.41) is 21.8. The lowest BCUT2D eigenvalue weighted by molar-refractivity contribution is -0.174. The molecular weight excluding hydrogens is 397 g/mol. The highest BCUT2D eigenvalue weighted by atomic mass is 19.1. The second kappa shape index (κ2) is 7.88. The average Bonchev–Trinajstić information content (AvgIpc) is 2.77. The van der Waals surface area contributed by atoms with E-state index in [0.29, 0.717) is 48.6 Å². The first kappa shape index (κ1) is 21.7. The van der Waals surface area contributed by atoms with Gasteiger partial charge < -0.3 is 20.3 Å².